The first-order chi connectivity index (χ1) is 8.43. The van der Waals surface area contributed by atoms with E-state index in [0.29, 0.717) is 16.8 Å². The van der Waals surface area contributed by atoms with Gasteiger partial charge in [0, 0.05) is 5.69 Å². The summed E-state index contributed by atoms with van der Waals surface area (Å²) in [5.41, 5.74) is 1.62. The van der Waals surface area contributed by atoms with E-state index in [-0.39, 0.29) is 0 Å². The third-order valence-electron chi connectivity index (χ3n) is 2.35. The van der Waals surface area contributed by atoms with Crippen LogP contribution in [0.3, 0.4) is 0 Å². The fourth-order valence-corrected chi connectivity index (χ4v) is 1.54. The van der Waals surface area contributed by atoms with Crippen LogP contribution in [0.4, 0.5) is 5.69 Å². The van der Waals surface area contributed by atoms with Crippen LogP contribution in [0.25, 0.3) is 0 Å². The number of carboxylic acids is 2. The van der Waals surface area contributed by atoms with Gasteiger partial charge in [-0.2, -0.15) is 5.26 Å². The summed E-state index contributed by atoms with van der Waals surface area (Å²) in [5, 5.41) is 26.3. The molecule has 0 aliphatic heterocycles. The average Bonchev–Trinajstić information content (AvgIpc) is 2.26. The highest BCUT2D eigenvalue weighted by atomic mass is 16.4. The molecule has 0 aromatic heterocycles. The smallest absolute Gasteiger partial charge is 0.323 e. The van der Waals surface area contributed by atoms with Crippen molar-refractivity contribution in [2.75, 3.05) is 18.0 Å². The third-order valence-corrected chi connectivity index (χ3v) is 2.35. The van der Waals surface area contributed by atoms with Crippen molar-refractivity contribution in [3.63, 3.8) is 0 Å². The van der Waals surface area contributed by atoms with E-state index in [2.05, 4.69) is 0 Å². The van der Waals surface area contributed by atoms with E-state index in [1.165, 1.54) is 11.0 Å². The molecule has 1 rings (SSSR count). The summed E-state index contributed by atoms with van der Waals surface area (Å²) in [6, 6.07) is 6.68. The lowest BCUT2D eigenvalue weighted by molar-refractivity contribution is -0.136. The number of carboxylic acid groups (broad SMARTS) is 2. The second-order valence-corrected chi connectivity index (χ2v) is 3.75. The zero-order chi connectivity index (χ0) is 13.7. The van der Waals surface area contributed by atoms with Gasteiger partial charge >= 0.3 is 11.9 Å². The first-order valence-corrected chi connectivity index (χ1v) is 5.13. The summed E-state index contributed by atoms with van der Waals surface area (Å²) in [5.74, 6) is -2.23. The van der Waals surface area contributed by atoms with Crippen molar-refractivity contribution in [3.05, 3.63) is 29.3 Å². The fraction of sp³-hybridized carbons (Fsp3) is 0.250. The molecular formula is C12H12N2O4. The maximum atomic E-state index is 10.7. The molecular weight excluding hydrogens is 236 g/mol. The van der Waals surface area contributed by atoms with E-state index in [4.69, 9.17) is 15.5 Å². The lowest BCUT2D eigenvalue weighted by Crippen LogP contribution is -2.34. The van der Waals surface area contributed by atoms with Gasteiger partial charge in [-0.05, 0) is 30.7 Å². The molecule has 18 heavy (non-hydrogen) atoms. The molecule has 6 nitrogen and oxygen atoms in total. The highest BCUT2D eigenvalue weighted by Crippen LogP contribution is 2.18. The number of nitriles is 1. The minimum absolute atomic E-state index is 0.405. The monoisotopic (exact) mass is 248 g/mol. The molecule has 0 saturated heterocycles. The first-order valence-electron chi connectivity index (χ1n) is 5.13. The summed E-state index contributed by atoms with van der Waals surface area (Å²) in [6.07, 6.45) is 0. The Bertz CT molecular complexity index is 503. The van der Waals surface area contributed by atoms with Gasteiger partial charge in [-0.1, -0.05) is 0 Å². The largest absolute Gasteiger partial charge is 0.480 e. The molecule has 0 aliphatic carbocycles. The van der Waals surface area contributed by atoms with E-state index in [9.17, 15) is 9.59 Å². The molecule has 0 bridgehead atoms. The predicted octanol–water partition coefficient (Wildman–Crippen LogP) is 0.842. The predicted molar refractivity (Wildman–Crippen MR) is 63.4 cm³/mol. The molecule has 0 fully saturated rings. The quantitative estimate of drug-likeness (QED) is 0.800. The third kappa shape index (κ3) is 3.49. The normalized spacial score (nSPS) is 9.56. The minimum atomic E-state index is -1.11. The van der Waals surface area contributed by atoms with Crippen molar-refractivity contribution < 1.29 is 19.8 Å². The number of benzene rings is 1. The Balaban J connectivity index is 3.05. The summed E-state index contributed by atoms with van der Waals surface area (Å²) >= 11 is 0. The summed E-state index contributed by atoms with van der Waals surface area (Å²) < 4.78 is 0. The highest BCUT2D eigenvalue weighted by molar-refractivity contribution is 5.79. The standard InChI is InChI=1S/C12H12N2O4/c1-8-4-10(3-2-9(8)5-13)14(6-11(15)16)7-12(17)18/h2-4H,6-7H2,1H3,(H,15,16)(H,17,18). The second-order valence-electron chi connectivity index (χ2n) is 3.75. The molecule has 1 aromatic carbocycles. The highest BCUT2D eigenvalue weighted by Gasteiger charge is 2.14. The molecule has 1 aromatic rings. The maximum Gasteiger partial charge on any atom is 0.323 e. The van der Waals surface area contributed by atoms with Crippen LogP contribution in [0.2, 0.25) is 0 Å². The van der Waals surface area contributed by atoms with Crippen molar-refractivity contribution in [1.29, 1.82) is 5.26 Å². The average molecular weight is 248 g/mol. The van der Waals surface area contributed by atoms with Crippen LogP contribution < -0.4 is 4.90 Å². The Morgan fingerprint density at radius 2 is 1.83 bits per heavy atom. The lowest BCUT2D eigenvalue weighted by atomic mass is 10.1. The number of hydrogen-bond acceptors (Lipinski definition) is 4. The van der Waals surface area contributed by atoms with E-state index in [1.54, 1.807) is 19.1 Å². The topological polar surface area (TPSA) is 102 Å². The number of anilines is 1. The zero-order valence-electron chi connectivity index (χ0n) is 9.75. The van der Waals surface area contributed by atoms with Gasteiger partial charge in [-0.15, -0.1) is 0 Å². The van der Waals surface area contributed by atoms with Crippen LogP contribution in [0.15, 0.2) is 18.2 Å². The van der Waals surface area contributed by atoms with Crippen molar-refractivity contribution >= 4 is 17.6 Å². The van der Waals surface area contributed by atoms with Gasteiger partial charge in [0.15, 0.2) is 0 Å². The molecule has 0 radical (unpaired) electrons. The van der Waals surface area contributed by atoms with Crippen LogP contribution >= 0.6 is 0 Å². The fourth-order valence-electron chi connectivity index (χ4n) is 1.54. The Kier molecular flexibility index (Phi) is 4.27. The SMILES string of the molecule is Cc1cc(N(CC(=O)O)CC(=O)O)ccc1C#N. The second kappa shape index (κ2) is 5.68. The number of aryl methyl sites for hydroxylation is 1. The van der Waals surface area contributed by atoms with Gasteiger partial charge in [0.2, 0.25) is 0 Å². The Morgan fingerprint density at radius 3 is 2.22 bits per heavy atom. The Labute approximate surface area is 104 Å². The molecule has 0 spiro atoms. The Morgan fingerprint density at radius 1 is 1.28 bits per heavy atom. The van der Waals surface area contributed by atoms with E-state index in [1.807, 2.05) is 6.07 Å². The van der Waals surface area contributed by atoms with Gasteiger partial charge in [-0.25, -0.2) is 0 Å². The molecule has 0 amide bonds. The van der Waals surface area contributed by atoms with Crippen molar-refractivity contribution in [3.8, 4) is 6.07 Å². The lowest BCUT2D eigenvalue weighted by Gasteiger charge is -2.21. The summed E-state index contributed by atoms with van der Waals surface area (Å²) in [7, 11) is 0. The number of carbonyl (C=O) groups is 2. The molecule has 0 heterocycles. The van der Waals surface area contributed by atoms with Crippen LogP contribution in [0.1, 0.15) is 11.1 Å². The summed E-state index contributed by atoms with van der Waals surface area (Å²) in [4.78, 5) is 22.6. The van der Waals surface area contributed by atoms with Gasteiger partial charge in [0.25, 0.3) is 0 Å². The first kappa shape index (κ1) is 13.5. The van der Waals surface area contributed by atoms with Gasteiger partial charge in [-0.3, -0.25) is 9.59 Å². The molecule has 0 atom stereocenters. The van der Waals surface area contributed by atoms with Crippen molar-refractivity contribution in [2.45, 2.75) is 6.92 Å². The van der Waals surface area contributed by atoms with Crippen molar-refractivity contribution in [2.24, 2.45) is 0 Å². The molecule has 0 aliphatic rings. The van der Waals surface area contributed by atoms with Gasteiger partial charge in [0.1, 0.15) is 13.1 Å². The zero-order valence-corrected chi connectivity index (χ0v) is 9.75. The van der Waals surface area contributed by atoms with Gasteiger partial charge in [0.05, 0.1) is 11.6 Å². The van der Waals surface area contributed by atoms with E-state index in [0.717, 1.165) is 0 Å². The number of rotatable bonds is 5. The minimum Gasteiger partial charge on any atom is -0.480 e. The molecule has 94 valence electrons. The number of aliphatic carboxylic acids is 2. The van der Waals surface area contributed by atoms with Crippen LogP contribution in [0.5, 0.6) is 0 Å². The van der Waals surface area contributed by atoms with Crippen molar-refractivity contribution in [1.82, 2.24) is 0 Å². The number of nitrogens with zero attached hydrogens (tertiary/aromatic N) is 2. The molecule has 0 saturated carbocycles. The van der Waals surface area contributed by atoms with Crippen LogP contribution in [0, 0.1) is 18.3 Å². The van der Waals surface area contributed by atoms with E-state index < -0.39 is 25.0 Å². The molecule has 0 unspecified atom stereocenters. The van der Waals surface area contributed by atoms with Crippen LogP contribution in [-0.2, 0) is 9.59 Å². The van der Waals surface area contributed by atoms with Gasteiger partial charge < -0.3 is 15.1 Å². The maximum absolute atomic E-state index is 10.7. The van der Waals surface area contributed by atoms with E-state index >= 15 is 0 Å². The Hall–Kier alpha value is -2.55. The molecule has 6 heteroatoms. The number of hydrogen-bond donors (Lipinski definition) is 2. The van der Waals surface area contributed by atoms with Crippen LogP contribution in [-0.4, -0.2) is 35.2 Å². The molecule has 2 N–H and O–H groups in total. The summed E-state index contributed by atoms with van der Waals surface area (Å²) in [6.45, 7) is 0.900.